The lowest BCUT2D eigenvalue weighted by atomic mass is 10.2. The molecule has 92 valence electrons. The molecule has 1 heterocycles. The first kappa shape index (κ1) is 13.1. The van der Waals surface area contributed by atoms with E-state index in [0.717, 1.165) is 5.69 Å². The predicted molar refractivity (Wildman–Crippen MR) is 61.0 cm³/mol. The molecule has 0 aliphatic rings. The molecule has 1 aromatic heterocycles. The number of quaternary nitrogens is 1. The van der Waals surface area contributed by atoms with Crippen LogP contribution < -0.4 is 5.14 Å². The molecule has 1 unspecified atom stereocenters. The molecule has 0 aromatic carbocycles. The number of aryl methyl sites for hydroxylation is 1. The Kier molecular flexibility index (Phi) is 3.15. The summed E-state index contributed by atoms with van der Waals surface area (Å²) in [7, 11) is 4.10. The predicted octanol–water partition coefficient (Wildman–Crippen LogP) is -0.165. The highest BCUT2D eigenvalue weighted by Gasteiger charge is 2.26. The summed E-state index contributed by atoms with van der Waals surface area (Å²) in [4.78, 5) is 0. The average molecular weight is 247 g/mol. The molecule has 7 heteroatoms. The number of nitrogens with zero attached hydrogens (tertiary/aromatic N) is 3. The molecule has 0 fully saturated rings. The number of nitrogens with two attached hydrogens (primary N) is 1. The molecule has 0 spiro atoms. The van der Waals surface area contributed by atoms with Gasteiger partial charge >= 0.3 is 0 Å². The Morgan fingerprint density at radius 3 is 2.25 bits per heavy atom. The standard InChI is InChI=1S/C9H19N4O2S/c1-7(13(3,4)5)8-6-9(11-12(8)2)16(10,14)15/h6-7H,1-5H3,(H2,10,14,15)/q+1. The van der Waals surface area contributed by atoms with Crippen molar-refractivity contribution in [2.24, 2.45) is 12.2 Å². The van der Waals surface area contributed by atoms with Crippen LogP contribution in [0.25, 0.3) is 0 Å². The molecule has 2 N–H and O–H groups in total. The molecular formula is C9H19N4O2S+. The third-order valence-electron chi connectivity index (χ3n) is 2.78. The van der Waals surface area contributed by atoms with Gasteiger partial charge in [-0.25, -0.2) is 13.6 Å². The molecule has 1 aromatic rings. The second-order valence-electron chi connectivity index (χ2n) is 4.87. The van der Waals surface area contributed by atoms with E-state index >= 15 is 0 Å². The number of rotatable bonds is 3. The van der Waals surface area contributed by atoms with Gasteiger partial charge in [-0.2, -0.15) is 5.10 Å². The van der Waals surface area contributed by atoms with E-state index in [-0.39, 0.29) is 11.1 Å². The van der Waals surface area contributed by atoms with Crippen LogP contribution >= 0.6 is 0 Å². The first-order chi connectivity index (χ1) is 7.03. The monoisotopic (exact) mass is 247 g/mol. The number of hydrogen-bond acceptors (Lipinski definition) is 3. The van der Waals surface area contributed by atoms with Gasteiger partial charge in [0.05, 0.1) is 26.8 Å². The van der Waals surface area contributed by atoms with Gasteiger partial charge in [-0.3, -0.25) is 4.68 Å². The van der Waals surface area contributed by atoms with E-state index in [1.54, 1.807) is 11.7 Å². The molecule has 6 nitrogen and oxygen atoms in total. The van der Waals surface area contributed by atoms with Crippen LogP contribution in [0.4, 0.5) is 0 Å². The van der Waals surface area contributed by atoms with Crippen LogP contribution in [0.15, 0.2) is 11.1 Å². The van der Waals surface area contributed by atoms with Crippen LogP contribution in [0.1, 0.15) is 18.7 Å². The van der Waals surface area contributed by atoms with E-state index in [0.29, 0.717) is 4.48 Å². The van der Waals surface area contributed by atoms with Crippen LogP contribution in [-0.4, -0.2) is 43.8 Å². The van der Waals surface area contributed by atoms with Gasteiger partial charge in [-0.15, -0.1) is 0 Å². The summed E-state index contributed by atoms with van der Waals surface area (Å²) < 4.78 is 24.6. The first-order valence-electron chi connectivity index (χ1n) is 4.91. The average Bonchev–Trinajstić information content (AvgIpc) is 2.43. The zero-order valence-electron chi connectivity index (χ0n) is 10.3. The lowest BCUT2D eigenvalue weighted by molar-refractivity contribution is -0.900. The van der Waals surface area contributed by atoms with Crippen LogP contribution in [0.3, 0.4) is 0 Å². The van der Waals surface area contributed by atoms with E-state index in [1.165, 1.54) is 6.07 Å². The van der Waals surface area contributed by atoms with Gasteiger partial charge in [0.1, 0.15) is 6.04 Å². The van der Waals surface area contributed by atoms with Crippen molar-refractivity contribution in [1.82, 2.24) is 9.78 Å². The fraction of sp³-hybridized carbons (Fsp3) is 0.667. The summed E-state index contributed by atoms with van der Waals surface area (Å²) in [6.07, 6.45) is 0. The summed E-state index contributed by atoms with van der Waals surface area (Å²) in [5, 5.41) is 8.87. The molecule has 0 saturated heterocycles. The largest absolute Gasteiger partial charge is 0.324 e. The minimum absolute atomic E-state index is 0.0784. The first-order valence-corrected chi connectivity index (χ1v) is 6.46. The van der Waals surface area contributed by atoms with Crippen molar-refractivity contribution in [2.75, 3.05) is 21.1 Å². The van der Waals surface area contributed by atoms with Crippen molar-refractivity contribution in [1.29, 1.82) is 0 Å². The lowest BCUT2D eigenvalue weighted by Crippen LogP contribution is -2.38. The van der Waals surface area contributed by atoms with Gasteiger partial charge < -0.3 is 4.48 Å². The maximum atomic E-state index is 11.2. The molecule has 0 aliphatic carbocycles. The zero-order chi connectivity index (χ0) is 12.7. The smallest absolute Gasteiger partial charge is 0.257 e. The van der Waals surface area contributed by atoms with Crippen LogP contribution in [0, 0.1) is 0 Å². The van der Waals surface area contributed by atoms with E-state index in [2.05, 4.69) is 5.10 Å². The van der Waals surface area contributed by atoms with E-state index in [9.17, 15) is 8.42 Å². The highest BCUT2D eigenvalue weighted by atomic mass is 32.2. The summed E-state index contributed by atoms with van der Waals surface area (Å²) in [6.45, 7) is 2.02. The van der Waals surface area contributed by atoms with Gasteiger partial charge in [0.25, 0.3) is 10.0 Å². The molecule has 16 heavy (non-hydrogen) atoms. The van der Waals surface area contributed by atoms with Crippen molar-refractivity contribution in [2.45, 2.75) is 18.0 Å². The minimum Gasteiger partial charge on any atom is -0.324 e. The fourth-order valence-electron chi connectivity index (χ4n) is 1.38. The summed E-state index contributed by atoms with van der Waals surface area (Å²) in [5.74, 6) is 0. The Labute approximate surface area is 96.3 Å². The number of aromatic nitrogens is 2. The summed E-state index contributed by atoms with van der Waals surface area (Å²) >= 11 is 0. The molecule has 0 amide bonds. The van der Waals surface area contributed by atoms with Crippen molar-refractivity contribution in [3.05, 3.63) is 11.8 Å². The number of sulfonamides is 1. The van der Waals surface area contributed by atoms with Gasteiger partial charge in [-0.1, -0.05) is 0 Å². The molecule has 0 radical (unpaired) electrons. The Hall–Kier alpha value is -0.920. The molecule has 0 saturated carbocycles. The molecule has 1 rings (SSSR count). The maximum absolute atomic E-state index is 11.2. The minimum atomic E-state index is -3.72. The molecule has 1 atom stereocenters. The second-order valence-corrected chi connectivity index (χ2v) is 6.38. The topological polar surface area (TPSA) is 78.0 Å². The third kappa shape index (κ3) is 2.60. The Morgan fingerprint density at radius 1 is 1.44 bits per heavy atom. The van der Waals surface area contributed by atoms with E-state index in [1.807, 2.05) is 28.1 Å². The van der Waals surface area contributed by atoms with Gasteiger partial charge in [0.2, 0.25) is 0 Å². The highest BCUT2D eigenvalue weighted by Crippen LogP contribution is 2.23. The van der Waals surface area contributed by atoms with Crippen LogP contribution in [0.2, 0.25) is 0 Å². The quantitative estimate of drug-likeness (QED) is 0.754. The van der Waals surface area contributed by atoms with Crippen molar-refractivity contribution in [3.63, 3.8) is 0 Å². The lowest BCUT2D eigenvalue weighted by Gasteiger charge is -2.31. The summed E-state index contributed by atoms with van der Waals surface area (Å²) in [5.41, 5.74) is 0.844. The summed E-state index contributed by atoms with van der Waals surface area (Å²) in [6, 6.07) is 1.66. The normalized spacial score (nSPS) is 15.1. The third-order valence-corrected chi connectivity index (χ3v) is 3.56. The van der Waals surface area contributed by atoms with Crippen molar-refractivity contribution >= 4 is 10.0 Å². The number of hydrogen-bond donors (Lipinski definition) is 1. The van der Waals surface area contributed by atoms with E-state index in [4.69, 9.17) is 5.14 Å². The second kappa shape index (κ2) is 3.83. The van der Waals surface area contributed by atoms with Crippen molar-refractivity contribution in [3.8, 4) is 0 Å². The molecule has 0 aliphatic heterocycles. The van der Waals surface area contributed by atoms with Crippen molar-refractivity contribution < 1.29 is 12.9 Å². The molecule has 0 bridgehead atoms. The zero-order valence-corrected chi connectivity index (χ0v) is 11.1. The maximum Gasteiger partial charge on any atom is 0.257 e. The van der Waals surface area contributed by atoms with Crippen LogP contribution in [0.5, 0.6) is 0 Å². The molecular weight excluding hydrogens is 228 g/mol. The van der Waals surface area contributed by atoms with Gasteiger partial charge in [-0.05, 0) is 6.92 Å². The van der Waals surface area contributed by atoms with Gasteiger partial charge in [0, 0.05) is 13.1 Å². The number of primary sulfonamides is 1. The Morgan fingerprint density at radius 2 is 1.94 bits per heavy atom. The van der Waals surface area contributed by atoms with Crippen LogP contribution in [-0.2, 0) is 17.1 Å². The van der Waals surface area contributed by atoms with Gasteiger partial charge in [0.15, 0.2) is 5.03 Å². The Bertz CT molecular complexity index is 484. The highest BCUT2D eigenvalue weighted by molar-refractivity contribution is 7.89. The SMILES string of the molecule is CC(c1cc(S(N)(=O)=O)nn1C)[N+](C)(C)C. The Balaban J connectivity index is 3.23. The fourth-order valence-corrected chi connectivity index (χ4v) is 1.90. The van der Waals surface area contributed by atoms with E-state index < -0.39 is 10.0 Å².